The highest BCUT2D eigenvalue weighted by Gasteiger charge is 2.14. The van der Waals surface area contributed by atoms with Crippen LogP contribution in [0.15, 0.2) is 25.3 Å². The van der Waals surface area contributed by atoms with E-state index < -0.39 is 12.0 Å². The molecule has 0 aromatic rings. The minimum absolute atomic E-state index is 0.249. The third kappa shape index (κ3) is 13.8. The Hall–Kier alpha value is -2.11. The monoisotopic (exact) mass is 270 g/mol. The highest BCUT2D eigenvalue weighted by atomic mass is 16.4. The molecule has 2 amide bonds. The number of aliphatic carboxylic acids is 1. The second-order valence-electron chi connectivity index (χ2n) is 3.57. The summed E-state index contributed by atoms with van der Waals surface area (Å²) >= 11 is 0. The van der Waals surface area contributed by atoms with E-state index in [0.717, 1.165) is 0 Å². The molecule has 6 nitrogen and oxygen atoms in total. The molecule has 0 rings (SSSR count). The normalized spacial score (nSPS) is 10.2. The average Bonchev–Trinajstić information content (AvgIpc) is 2.37. The highest BCUT2D eigenvalue weighted by molar-refractivity contribution is 5.86. The number of nitrogens with one attached hydrogen (secondary N) is 2. The van der Waals surface area contributed by atoms with Crippen molar-refractivity contribution in [3.05, 3.63) is 25.3 Å². The molecule has 0 aliphatic rings. The first-order valence-electron chi connectivity index (χ1n) is 5.93. The van der Waals surface area contributed by atoms with Crippen molar-refractivity contribution < 1.29 is 19.5 Å². The van der Waals surface area contributed by atoms with E-state index in [1.165, 1.54) is 6.08 Å². The van der Waals surface area contributed by atoms with Gasteiger partial charge in [-0.2, -0.15) is 0 Å². The van der Waals surface area contributed by atoms with E-state index in [9.17, 15) is 14.4 Å². The number of rotatable bonds is 9. The summed E-state index contributed by atoms with van der Waals surface area (Å²) in [7, 11) is 0. The molecule has 0 fully saturated rings. The lowest BCUT2D eigenvalue weighted by Gasteiger charge is -2.10. The molecule has 19 heavy (non-hydrogen) atoms. The first kappa shape index (κ1) is 19.2. The summed E-state index contributed by atoms with van der Waals surface area (Å²) in [6.07, 6.45) is 4.91. The predicted octanol–water partition coefficient (Wildman–Crippen LogP) is 0.850. The minimum atomic E-state index is -1.05. The van der Waals surface area contributed by atoms with Gasteiger partial charge in [0.25, 0.3) is 0 Å². The van der Waals surface area contributed by atoms with Gasteiger partial charge in [-0.25, -0.2) is 4.79 Å². The van der Waals surface area contributed by atoms with Crippen molar-refractivity contribution in [2.75, 3.05) is 6.54 Å². The fraction of sp³-hybridized carbons (Fsp3) is 0.462. The summed E-state index contributed by atoms with van der Waals surface area (Å²) in [5, 5.41) is 13.5. The summed E-state index contributed by atoms with van der Waals surface area (Å²) in [5.74, 6) is -1.30. The van der Waals surface area contributed by atoms with Crippen LogP contribution in [-0.4, -0.2) is 36.0 Å². The molecule has 0 aliphatic heterocycles. The molecule has 6 heteroatoms. The van der Waals surface area contributed by atoms with Crippen LogP contribution >= 0.6 is 0 Å². The Morgan fingerprint density at radius 2 is 1.89 bits per heavy atom. The minimum Gasteiger partial charge on any atom is -0.480 e. The van der Waals surface area contributed by atoms with Crippen LogP contribution in [0.25, 0.3) is 0 Å². The van der Waals surface area contributed by atoms with Crippen molar-refractivity contribution in [3.8, 4) is 0 Å². The summed E-state index contributed by atoms with van der Waals surface area (Å²) in [5.41, 5.74) is 0. The molecule has 3 N–H and O–H groups in total. The predicted molar refractivity (Wildman–Crippen MR) is 73.6 cm³/mol. The van der Waals surface area contributed by atoms with Crippen molar-refractivity contribution in [1.82, 2.24) is 10.6 Å². The number of carboxylic acids is 1. The molecule has 1 atom stereocenters. The van der Waals surface area contributed by atoms with Gasteiger partial charge in [0.15, 0.2) is 0 Å². The topological polar surface area (TPSA) is 95.5 Å². The second kappa shape index (κ2) is 14.0. The lowest BCUT2D eigenvalue weighted by Crippen LogP contribution is -2.35. The molecule has 0 saturated heterocycles. The Bertz CT molecular complexity index is 303. The molecule has 0 heterocycles. The molecule has 0 spiro atoms. The largest absolute Gasteiger partial charge is 0.480 e. The average molecular weight is 270 g/mol. The quantitative estimate of drug-likeness (QED) is 0.250. The van der Waals surface area contributed by atoms with Gasteiger partial charge in [-0.05, 0) is 32.3 Å². The van der Waals surface area contributed by atoms with Crippen molar-refractivity contribution >= 4 is 18.3 Å². The number of carbonyl (C=O) groups is 3. The van der Waals surface area contributed by atoms with Crippen LogP contribution in [-0.2, 0) is 14.4 Å². The molecule has 0 aromatic heterocycles. The zero-order chi connectivity index (χ0) is 15.1. The lowest BCUT2D eigenvalue weighted by molar-refractivity contribution is -0.140. The van der Waals surface area contributed by atoms with Gasteiger partial charge in [-0.15, -0.1) is 6.58 Å². The molecule has 0 radical (unpaired) electrons. The number of unbranched alkanes of at least 4 members (excludes halogenated alkanes) is 1. The number of hydrogen-bond acceptors (Lipinski definition) is 3. The first-order valence-corrected chi connectivity index (χ1v) is 5.93. The van der Waals surface area contributed by atoms with E-state index in [4.69, 9.17) is 5.11 Å². The van der Waals surface area contributed by atoms with E-state index >= 15 is 0 Å². The van der Waals surface area contributed by atoms with E-state index in [0.29, 0.717) is 32.2 Å². The van der Waals surface area contributed by atoms with Gasteiger partial charge in [0.1, 0.15) is 6.04 Å². The summed E-state index contributed by atoms with van der Waals surface area (Å²) in [4.78, 5) is 31.4. The van der Waals surface area contributed by atoms with Gasteiger partial charge in [-0.3, -0.25) is 9.59 Å². The van der Waals surface area contributed by atoms with Gasteiger partial charge >= 0.3 is 5.97 Å². The zero-order valence-corrected chi connectivity index (χ0v) is 11.2. The SMILES string of the molecule is C=CC.C=CC(=O)NCCCCC(NC=O)C(=O)O. The van der Waals surface area contributed by atoms with Gasteiger partial charge in [0, 0.05) is 6.54 Å². The smallest absolute Gasteiger partial charge is 0.326 e. The van der Waals surface area contributed by atoms with Crippen LogP contribution in [0.4, 0.5) is 0 Å². The van der Waals surface area contributed by atoms with Crippen molar-refractivity contribution in [3.63, 3.8) is 0 Å². The van der Waals surface area contributed by atoms with E-state index in [2.05, 4.69) is 23.8 Å². The van der Waals surface area contributed by atoms with Gasteiger partial charge in [0.2, 0.25) is 12.3 Å². The molecule has 108 valence electrons. The van der Waals surface area contributed by atoms with Crippen LogP contribution < -0.4 is 10.6 Å². The molecular formula is C13H22N2O4. The maximum Gasteiger partial charge on any atom is 0.326 e. The van der Waals surface area contributed by atoms with E-state index in [1.54, 1.807) is 6.08 Å². The maximum absolute atomic E-state index is 10.7. The third-order valence-electron chi connectivity index (χ3n) is 1.97. The Morgan fingerprint density at radius 3 is 2.32 bits per heavy atom. The first-order chi connectivity index (χ1) is 9.03. The molecule has 0 saturated carbocycles. The van der Waals surface area contributed by atoms with Crippen LogP contribution in [0.2, 0.25) is 0 Å². The second-order valence-corrected chi connectivity index (χ2v) is 3.57. The highest BCUT2D eigenvalue weighted by Crippen LogP contribution is 2.00. The zero-order valence-electron chi connectivity index (χ0n) is 11.2. The third-order valence-corrected chi connectivity index (χ3v) is 1.97. The number of carboxylic acid groups (broad SMARTS) is 1. The number of hydrogen-bond donors (Lipinski definition) is 3. The van der Waals surface area contributed by atoms with Crippen LogP contribution in [0.5, 0.6) is 0 Å². The van der Waals surface area contributed by atoms with Gasteiger partial charge < -0.3 is 15.7 Å². The van der Waals surface area contributed by atoms with E-state index in [-0.39, 0.29) is 5.91 Å². The Morgan fingerprint density at radius 1 is 1.32 bits per heavy atom. The fourth-order valence-electron chi connectivity index (χ4n) is 1.12. The van der Waals surface area contributed by atoms with Crippen LogP contribution in [0, 0.1) is 0 Å². The van der Waals surface area contributed by atoms with Crippen molar-refractivity contribution in [2.45, 2.75) is 32.2 Å². The standard InChI is InChI=1S/C10H16N2O4.C3H6/c1-2-9(14)11-6-4-3-5-8(10(15)16)12-7-13;1-3-2/h2,7-8H,1,3-6H2,(H,11,14)(H,12,13)(H,15,16);3H,1H2,2H3. The number of allylic oxidation sites excluding steroid dienone is 1. The van der Waals surface area contributed by atoms with Gasteiger partial charge in [0.05, 0.1) is 0 Å². The molecular weight excluding hydrogens is 248 g/mol. The molecule has 0 bridgehead atoms. The molecule has 0 aliphatic carbocycles. The number of carbonyl (C=O) groups excluding carboxylic acids is 2. The lowest BCUT2D eigenvalue weighted by atomic mass is 10.1. The fourth-order valence-corrected chi connectivity index (χ4v) is 1.12. The molecule has 0 aromatic carbocycles. The Kier molecular flexibility index (Phi) is 14.1. The van der Waals surface area contributed by atoms with Crippen LogP contribution in [0.1, 0.15) is 26.2 Å². The van der Waals surface area contributed by atoms with Crippen LogP contribution in [0.3, 0.4) is 0 Å². The van der Waals surface area contributed by atoms with Crippen molar-refractivity contribution in [2.24, 2.45) is 0 Å². The Balaban J connectivity index is 0. The number of amides is 2. The Labute approximate surface area is 113 Å². The maximum atomic E-state index is 10.7. The van der Waals surface area contributed by atoms with Crippen molar-refractivity contribution in [1.29, 1.82) is 0 Å². The van der Waals surface area contributed by atoms with E-state index in [1.807, 2.05) is 6.92 Å². The molecule has 1 unspecified atom stereocenters. The van der Waals surface area contributed by atoms with Gasteiger partial charge in [-0.1, -0.05) is 12.7 Å². The summed E-state index contributed by atoms with van der Waals surface area (Å²) in [6.45, 7) is 9.02. The summed E-state index contributed by atoms with van der Waals surface area (Å²) < 4.78 is 0. The summed E-state index contributed by atoms with van der Waals surface area (Å²) in [6, 6.07) is -0.854.